The number of benzene rings is 1. The molecule has 2 aromatic rings. The fourth-order valence-electron chi connectivity index (χ4n) is 2.45. The zero-order valence-corrected chi connectivity index (χ0v) is 17.6. The largest absolute Gasteiger partial charge is 0.493 e. The van der Waals surface area contributed by atoms with Crippen LogP contribution in [0.1, 0.15) is 31.9 Å². The van der Waals surface area contributed by atoms with Crippen molar-refractivity contribution >= 4 is 33.6 Å². The van der Waals surface area contributed by atoms with Crippen molar-refractivity contribution in [2.45, 2.75) is 31.1 Å². The van der Waals surface area contributed by atoms with E-state index in [-0.39, 0.29) is 22.5 Å². The third-order valence-corrected chi connectivity index (χ3v) is 6.18. The Hall–Kier alpha value is -2.59. The second kappa shape index (κ2) is 10.1. The number of amides is 3. The van der Waals surface area contributed by atoms with Gasteiger partial charge < -0.3 is 21.5 Å². The maximum Gasteiger partial charge on any atom is 0.313 e. The number of carbonyl (C=O) groups excluding carboxylic acids is 2. The van der Waals surface area contributed by atoms with Crippen LogP contribution < -0.4 is 21.5 Å². The first kappa shape index (κ1) is 23.4. The van der Waals surface area contributed by atoms with Gasteiger partial charge in [-0.05, 0) is 47.0 Å². The number of nitrogens with two attached hydrogens (primary N) is 2. The van der Waals surface area contributed by atoms with Crippen molar-refractivity contribution in [3.05, 3.63) is 46.2 Å². The summed E-state index contributed by atoms with van der Waals surface area (Å²) in [4.78, 5) is 19.5. The highest BCUT2D eigenvalue weighted by Crippen LogP contribution is 2.36. The summed E-state index contributed by atoms with van der Waals surface area (Å²) >= 11 is 1.59. The molecule has 5 N–H and O–H groups in total. The molecule has 0 aliphatic heterocycles. The summed E-state index contributed by atoms with van der Waals surface area (Å²) < 4.78 is 30.8. The van der Waals surface area contributed by atoms with Crippen LogP contribution in [0.25, 0.3) is 0 Å². The van der Waals surface area contributed by atoms with Gasteiger partial charge in [0.1, 0.15) is 16.5 Å². The summed E-state index contributed by atoms with van der Waals surface area (Å²) in [5.74, 6) is -0.316. The lowest BCUT2D eigenvalue weighted by atomic mass is 9.79. The van der Waals surface area contributed by atoms with Crippen molar-refractivity contribution in [1.82, 2.24) is 5.32 Å². The van der Waals surface area contributed by atoms with Gasteiger partial charge in [0.2, 0.25) is 6.41 Å². The Labute approximate surface area is 168 Å². The summed E-state index contributed by atoms with van der Waals surface area (Å²) in [7, 11) is -3.79. The van der Waals surface area contributed by atoms with E-state index in [1.165, 1.54) is 0 Å². The highest BCUT2D eigenvalue weighted by atomic mass is 32.2. The summed E-state index contributed by atoms with van der Waals surface area (Å²) in [5, 5.41) is 6.16. The molecule has 0 aliphatic carbocycles. The Balaban J connectivity index is 0.00000122. The van der Waals surface area contributed by atoms with Gasteiger partial charge in [-0.25, -0.2) is 13.2 Å². The minimum atomic E-state index is -3.79. The molecular weight excluding hydrogens is 402 g/mol. The maximum absolute atomic E-state index is 12.6. The Morgan fingerprint density at radius 2 is 1.93 bits per heavy atom. The first-order chi connectivity index (χ1) is 13.1. The molecule has 154 valence electrons. The highest BCUT2D eigenvalue weighted by Gasteiger charge is 2.28. The van der Waals surface area contributed by atoms with Gasteiger partial charge in [-0.1, -0.05) is 19.9 Å². The second-order valence-electron chi connectivity index (χ2n) is 6.17. The van der Waals surface area contributed by atoms with Crippen LogP contribution in [0, 0.1) is 0 Å². The highest BCUT2D eigenvalue weighted by molar-refractivity contribution is 7.91. The first-order valence-corrected chi connectivity index (χ1v) is 10.9. The molecule has 1 heterocycles. The molecule has 1 aromatic carbocycles. The lowest BCUT2D eigenvalue weighted by Gasteiger charge is -2.26. The van der Waals surface area contributed by atoms with Crippen LogP contribution in [0.5, 0.6) is 5.75 Å². The Bertz CT molecular complexity index is 894. The van der Waals surface area contributed by atoms with Gasteiger partial charge in [0.15, 0.2) is 9.84 Å². The Morgan fingerprint density at radius 1 is 1.29 bits per heavy atom. The molecule has 10 heteroatoms. The lowest BCUT2D eigenvalue weighted by molar-refractivity contribution is -0.106. The molecular formula is C18H25N3O5S2. The Morgan fingerprint density at radius 3 is 2.43 bits per heavy atom. The predicted molar refractivity (Wildman–Crippen MR) is 109 cm³/mol. The topological polar surface area (TPSA) is 142 Å². The number of hydrogen-bond acceptors (Lipinski definition) is 6. The molecule has 1 aromatic heterocycles. The monoisotopic (exact) mass is 427 g/mol. The number of thiophene rings is 1. The molecule has 0 unspecified atom stereocenters. The third-order valence-electron chi connectivity index (χ3n) is 3.98. The number of sulfone groups is 1. The van der Waals surface area contributed by atoms with Gasteiger partial charge in [-0.3, -0.25) is 4.79 Å². The molecule has 0 spiro atoms. The number of rotatable bonds is 7. The van der Waals surface area contributed by atoms with Crippen molar-refractivity contribution in [3.8, 4) is 5.75 Å². The van der Waals surface area contributed by atoms with Crippen molar-refractivity contribution < 1.29 is 22.7 Å². The molecule has 0 atom stereocenters. The van der Waals surface area contributed by atoms with E-state index in [1.807, 2.05) is 36.7 Å². The molecule has 0 saturated heterocycles. The molecule has 2 rings (SSSR count). The van der Waals surface area contributed by atoms with Gasteiger partial charge in [0.25, 0.3) is 0 Å². The SMILES string of the molecule is CCOc1ccc(C(C)(C)c2ccsc2)cc1S(=O)(=O)CNC(N)=O.NC=O. The number of urea groups is 1. The third kappa shape index (κ3) is 5.96. The summed E-state index contributed by atoms with van der Waals surface area (Å²) in [6.07, 6.45) is 0.250. The lowest BCUT2D eigenvalue weighted by Crippen LogP contribution is -2.34. The van der Waals surface area contributed by atoms with E-state index in [2.05, 4.69) is 11.1 Å². The molecule has 0 radical (unpaired) electrons. The summed E-state index contributed by atoms with van der Waals surface area (Å²) in [6, 6.07) is 6.26. The van der Waals surface area contributed by atoms with E-state index in [9.17, 15) is 13.2 Å². The van der Waals surface area contributed by atoms with Crippen molar-refractivity contribution in [3.63, 3.8) is 0 Å². The van der Waals surface area contributed by atoms with Crippen LogP contribution in [-0.4, -0.2) is 33.3 Å². The summed E-state index contributed by atoms with van der Waals surface area (Å²) in [6.45, 7) is 6.17. The number of primary amides is 2. The first-order valence-electron chi connectivity index (χ1n) is 8.31. The molecule has 0 bridgehead atoms. The van der Waals surface area contributed by atoms with Crippen LogP contribution in [-0.2, 0) is 20.0 Å². The molecule has 0 saturated carbocycles. The predicted octanol–water partition coefficient (Wildman–Crippen LogP) is 1.97. The van der Waals surface area contributed by atoms with E-state index in [4.69, 9.17) is 15.3 Å². The second-order valence-corrected chi connectivity index (χ2v) is 8.91. The van der Waals surface area contributed by atoms with Gasteiger partial charge >= 0.3 is 6.03 Å². The molecule has 0 fully saturated rings. The Kier molecular flexibility index (Phi) is 8.45. The normalized spacial score (nSPS) is 11.1. The number of nitrogens with one attached hydrogen (secondary N) is 1. The van der Waals surface area contributed by atoms with Gasteiger partial charge in [0, 0.05) is 5.41 Å². The van der Waals surface area contributed by atoms with E-state index >= 15 is 0 Å². The van der Waals surface area contributed by atoms with E-state index < -0.39 is 21.7 Å². The quantitative estimate of drug-likeness (QED) is 0.579. The fourth-order valence-corrected chi connectivity index (χ4v) is 4.50. The minimum absolute atomic E-state index is 0.0453. The fraction of sp³-hybridized carbons (Fsp3) is 0.333. The van der Waals surface area contributed by atoms with Crippen LogP contribution in [0.15, 0.2) is 39.9 Å². The van der Waals surface area contributed by atoms with Crippen LogP contribution in [0.4, 0.5) is 4.79 Å². The van der Waals surface area contributed by atoms with E-state index in [1.54, 1.807) is 30.4 Å². The van der Waals surface area contributed by atoms with Gasteiger partial charge in [-0.15, -0.1) is 0 Å². The van der Waals surface area contributed by atoms with Crippen molar-refractivity contribution in [2.24, 2.45) is 11.5 Å². The maximum atomic E-state index is 12.6. The van der Waals surface area contributed by atoms with E-state index in [0.717, 1.165) is 11.1 Å². The zero-order valence-electron chi connectivity index (χ0n) is 16.0. The molecule has 28 heavy (non-hydrogen) atoms. The number of ether oxygens (including phenoxy) is 1. The molecule has 8 nitrogen and oxygen atoms in total. The van der Waals surface area contributed by atoms with Gasteiger partial charge in [0.05, 0.1) is 6.61 Å². The standard InChI is InChI=1S/C17H22N2O4S2.CH3NO/c1-4-23-14-6-5-12(17(2,3)13-7-8-24-10-13)9-15(14)25(21,22)11-19-16(18)20;2-1-3/h5-10H,4,11H2,1-3H3,(H3,18,19,20);1H,(H2,2,3). The number of hydrogen-bond donors (Lipinski definition) is 3. The molecule has 0 aliphatic rings. The smallest absolute Gasteiger partial charge is 0.313 e. The van der Waals surface area contributed by atoms with Gasteiger partial charge in [-0.2, -0.15) is 11.3 Å². The molecule has 3 amide bonds. The average Bonchev–Trinajstić information content (AvgIpc) is 3.17. The van der Waals surface area contributed by atoms with Crippen molar-refractivity contribution in [1.29, 1.82) is 0 Å². The average molecular weight is 428 g/mol. The van der Waals surface area contributed by atoms with Crippen LogP contribution >= 0.6 is 11.3 Å². The van der Waals surface area contributed by atoms with Crippen LogP contribution in [0.2, 0.25) is 0 Å². The minimum Gasteiger partial charge on any atom is -0.493 e. The van der Waals surface area contributed by atoms with Crippen LogP contribution in [0.3, 0.4) is 0 Å². The summed E-state index contributed by atoms with van der Waals surface area (Å²) in [5.41, 5.74) is 10.7. The van der Waals surface area contributed by atoms with Crippen molar-refractivity contribution in [2.75, 3.05) is 12.5 Å². The number of carbonyl (C=O) groups is 2. The zero-order chi connectivity index (χ0) is 21.4. The van der Waals surface area contributed by atoms with E-state index in [0.29, 0.717) is 6.61 Å².